The molecule has 1 aliphatic carbocycles. The molecular formula is C15H12Br2O2. The lowest BCUT2D eigenvalue weighted by atomic mass is 9.73. The van der Waals surface area contributed by atoms with Gasteiger partial charge in [0.2, 0.25) is 0 Å². The van der Waals surface area contributed by atoms with Gasteiger partial charge in [-0.2, -0.15) is 0 Å². The van der Waals surface area contributed by atoms with Gasteiger partial charge in [-0.25, -0.2) is 0 Å². The first-order valence-electron chi connectivity index (χ1n) is 6.06. The summed E-state index contributed by atoms with van der Waals surface area (Å²) in [7, 11) is 0. The van der Waals surface area contributed by atoms with Crippen molar-refractivity contribution in [3.63, 3.8) is 0 Å². The average molecular weight is 384 g/mol. The number of halogens is 2. The highest BCUT2D eigenvalue weighted by Crippen LogP contribution is 2.52. The van der Waals surface area contributed by atoms with Crippen molar-refractivity contribution < 1.29 is 9.53 Å². The van der Waals surface area contributed by atoms with Crippen LogP contribution >= 0.6 is 31.9 Å². The van der Waals surface area contributed by atoms with Gasteiger partial charge in [0.1, 0.15) is 10.4 Å². The summed E-state index contributed by atoms with van der Waals surface area (Å²) in [6.45, 7) is 3.78. The molecule has 4 rings (SSSR count). The predicted molar refractivity (Wildman–Crippen MR) is 81.3 cm³/mol. The van der Waals surface area contributed by atoms with Gasteiger partial charge in [-0.1, -0.05) is 62.7 Å². The molecule has 1 aromatic rings. The normalized spacial score (nSPS) is 32.7. The minimum absolute atomic E-state index is 0.0676. The molecule has 1 aromatic carbocycles. The summed E-state index contributed by atoms with van der Waals surface area (Å²) in [5.41, 5.74) is 2.11. The topological polar surface area (TPSA) is 26.3 Å². The minimum Gasteiger partial charge on any atom is -0.456 e. The van der Waals surface area contributed by atoms with Crippen molar-refractivity contribution >= 4 is 37.8 Å². The molecular weight excluding hydrogens is 372 g/mol. The van der Waals surface area contributed by atoms with Gasteiger partial charge in [0.15, 0.2) is 0 Å². The van der Waals surface area contributed by atoms with E-state index in [1.165, 1.54) is 0 Å². The summed E-state index contributed by atoms with van der Waals surface area (Å²) in [5, 5.41) is 0. The number of hydrogen-bond acceptors (Lipinski definition) is 2. The third kappa shape index (κ3) is 1.93. The number of carbonyl (C=O) groups excluding carboxylic acids is 1. The van der Waals surface area contributed by atoms with E-state index in [1.807, 2.05) is 30.3 Å². The molecule has 0 N–H and O–H groups in total. The van der Waals surface area contributed by atoms with Crippen molar-refractivity contribution in [3.05, 3.63) is 58.6 Å². The van der Waals surface area contributed by atoms with Crippen LogP contribution in [0.5, 0.6) is 0 Å². The van der Waals surface area contributed by atoms with Gasteiger partial charge < -0.3 is 4.74 Å². The Kier molecular flexibility index (Phi) is 3.18. The Morgan fingerprint density at radius 1 is 1.42 bits per heavy atom. The summed E-state index contributed by atoms with van der Waals surface area (Å²) < 4.78 is 5.68. The second-order valence-electron chi connectivity index (χ2n) is 4.82. The third-order valence-electron chi connectivity index (χ3n) is 3.78. The van der Waals surface area contributed by atoms with E-state index >= 15 is 0 Å². The molecule has 1 fully saturated rings. The molecule has 3 atom stereocenters. The molecule has 0 unspecified atom stereocenters. The first-order chi connectivity index (χ1) is 9.06. The Balaban J connectivity index is 2.12. The van der Waals surface area contributed by atoms with Crippen LogP contribution in [-0.2, 0) is 9.53 Å². The Labute approximate surface area is 128 Å². The summed E-state index contributed by atoms with van der Waals surface area (Å²) in [6.07, 6.45) is 4.31. The zero-order valence-corrected chi connectivity index (χ0v) is 13.3. The van der Waals surface area contributed by atoms with Crippen molar-refractivity contribution in [1.29, 1.82) is 0 Å². The van der Waals surface area contributed by atoms with Crippen LogP contribution in [0.4, 0.5) is 0 Å². The number of benzene rings is 1. The zero-order valence-electron chi connectivity index (χ0n) is 10.1. The third-order valence-corrected chi connectivity index (χ3v) is 5.61. The van der Waals surface area contributed by atoms with Crippen molar-refractivity contribution in [2.24, 2.45) is 0 Å². The van der Waals surface area contributed by atoms with Crippen LogP contribution in [0.2, 0.25) is 0 Å². The first kappa shape index (κ1) is 13.1. The molecule has 2 nitrogen and oxygen atoms in total. The van der Waals surface area contributed by atoms with Crippen molar-refractivity contribution in [2.45, 2.75) is 22.8 Å². The Bertz CT molecular complexity index is 594. The molecule has 2 heterocycles. The molecule has 3 aliphatic rings. The highest BCUT2D eigenvalue weighted by Gasteiger charge is 2.54. The molecule has 4 heteroatoms. The van der Waals surface area contributed by atoms with Crippen LogP contribution in [0.1, 0.15) is 17.9 Å². The van der Waals surface area contributed by atoms with Gasteiger partial charge in [0, 0.05) is 10.4 Å². The molecule has 0 saturated carbocycles. The van der Waals surface area contributed by atoms with E-state index in [0.29, 0.717) is 0 Å². The number of carbonyl (C=O) groups is 1. The van der Waals surface area contributed by atoms with E-state index in [-0.39, 0.29) is 18.0 Å². The van der Waals surface area contributed by atoms with Crippen LogP contribution in [0.15, 0.2) is 53.0 Å². The quantitative estimate of drug-likeness (QED) is 0.567. The van der Waals surface area contributed by atoms with Crippen LogP contribution in [-0.4, -0.2) is 16.4 Å². The fourth-order valence-corrected chi connectivity index (χ4v) is 4.15. The maximum absolute atomic E-state index is 12.2. The number of hydrogen-bond donors (Lipinski definition) is 0. The molecule has 2 bridgehead atoms. The number of alkyl halides is 1. The molecule has 0 amide bonds. The summed E-state index contributed by atoms with van der Waals surface area (Å²) >= 11 is 7.16. The molecule has 19 heavy (non-hydrogen) atoms. The molecule has 1 saturated heterocycles. The van der Waals surface area contributed by atoms with E-state index in [9.17, 15) is 4.79 Å². The van der Waals surface area contributed by atoms with Gasteiger partial charge in [0.25, 0.3) is 0 Å². The highest BCUT2D eigenvalue weighted by atomic mass is 79.9. The molecule has 0 radical (unpaired) electrons. The largest absolute Gasteiger partial charge is 0.456 e. The number of fused-ring (bicyclic) bond motifs is 2. The van der Waals surface area contributed by atoms with Gasteiger partial charge in [0.05, 0.1) is 0 Å². The summed E-state index contributed by atoms with van der Waals surface area (Å²) in [4.78, 5) is 12.2. The lowest BCUT2D eigenvalue weighted by Crippen LogP contribution is -2.51. The number of esters is 1. The maximum Gasteiger partial charge on any atom is 0.328 e. The number of rotatable bonds is 2. The van der Waals surface area contributed by atoms with Crippen LogP contribution in [0.25, 0.3) is 0 Å². The average Bonchev–Trinajstić information content (AvgIpc) is 2.40. The second-order valence-corrected chi connectivity index (χ2v) is 6.99. The van der Waals surface area contributed by atoms with Crippen LogP contribution in [0.3, 0.4) is 0 Å². The van der Waals surface area contributed by atoms with Crippen molar-refractivity contribution in [1.82, 2.24) is 0 Å². The molecule has 2 aliphatic heterocycles. The minimum atomic E-state index is -0.783. The van der Waals surface area contributed by atoms with Gasteiger partial charge in [-0.3, -0.25) is 4.79 Å². The Morgan fingerprint density at radius 3 is 2.84 bits per heavy atom. The van der Waals surface area contributed by atoms with Crippen LogP contribution in [0, 0.1) is 0 Å². The monoisotopic (exact) mass is 382 g/mol. The van der Waals surface area contributed by atoms with Gasteiger partial charge in [-0.05, 0) is 29.7 Å². The molecule has 98 valence electrons. The van der Waals surface area contributed by atoms with E-state index in [2.05, 4.69) is 38.4 Å². The smallest absolute Gasteiger partial charge is 0.328 e. The van der Waals surface area contributed by atoms with Crippen molar-refractivity contribution in [3.8, 4) is 0 Å². The number of ether oxygens (including phenoxy) is 1. The van der Waals surface area contributed by atoms with Gasteiger partial charge >= 0.3 is 5.97 Å². The van der Waals surface area contributed by atoms with Crippen molar-refractivity contribution in [2.75, 3.05) is 0 Å². The fraction of sp³-hybridized carbons (Fsp3) is 0.267. The summed E-state index contributed by atoms with van der Waals surface area (Å²) in [6, 6.07) is 8.01. The van der Waals surface area contributed by atoms with E-state index in [4.69, 9.17) is 4.74 Å². The molecule has 0 spiro atoms. The lowest BCUT2D eigenvalue weighted by molar-refractivity contribution is -0.156. The fourth-order valence-electron chi connectivity index (χ4n) is 2.80. The predicted octanol–water partition coefficient (Wildman–Crippen LogP) is 4.11. The van der Waals surface area contributed by atoms with E-state index in [0.717, 1.165) is 22.0 Å². The Morgan fingerprint density at radius 2 is 2.16 bits per heavy atom. The van der Waals surface area contributed by atoms with Crippen LogP contribution < -0.4 is 0 Å². The standard InChI is InChI=1S/C15H12Br2O2/c1-2-9-8-15(17)11(7-13(9)19-14(15)18)10-5-3-4-6-12(10)16/h2-6,8,11,13H,1,7H2/t11-,13+,15-/m1/s1. The molecule has 0 aromatic heterocycles. The van der Waals surface area contributed by atoms with E-state index in [1.54, 1.807) is 6.08 Å². The highest BCUT2D eigenvalue weighted by molar-refractivity contribution is 9.10. The van der Waals surface area contributed by atoms with Gasteiger partial charge in [-0.15, -0.1) is 0 Å². The maximum atomic E-state index is 12.2. The lowest BCUT2D eigenvalue weighted by Gasteiger charge is -2.45. The SMILES string of the molecule is C=CC1=C[C@]2(Br)C(=O)O[C@H]1C[C@@H]2c1ccccc1Br. The van der Waals surface area contributed by atoms with E-state index < -0.39 is 4.32 Å². The zero-order chi connectivity index (χ0) is 13.6. The Hall–Kier alpha value is -0.870. The second kappa shape index (κ2) is 4.60. The first-order valence-corrected chi connectivity index (χ1v) is 7.64. The summed E-state index contributed by atoms with van der Waals surface area (Å²) in [5.74, 6) is -0.145.